The molecule has 0 saturated carbocycles. The minimum Gasteiger partial charge on any atom is -0.756 e. The summed E-state index contributed by atoms with van der Waals surface area (Å²) in [6.07, 6.45) is 52.0. The van der Waals surface area contributed by atoms with Gasteiger partial charge in [0, 0.05) is 6.42 Å². The maximum Gasteiger partial charge on any atom is 0.268 e. The molecule has 3 unspecified atom stereocenters. The molecule has 0 fully saturated rings. The van der Waals surface area contributed by atoms with E-state index in [0.29, 0.717) is 17.4 Å². The fourth-order valence-electron chi connectivity index (χ4n) is 6.69. The third-order valence-corrected chi connectivity index (χ3v) is 11.5. The number of likely N-dealkylation sites (N-methyl/N-ethyl adjacent to an activating group) is 1. The molecule has 0 aromatic rings. The van der Waals surface area contributed by atoms with Crippen LogP contribution in [0.1, 0.15) is 206 Å². The third-order valence-electron chi connectivity index (χ3n) is 10.5. The average molecular weight is 837 g/mol. The summed E-state index contributed by atoms with van der Waals surface area (Å²) in [4.78, 5) is 25.2. The van der Waals surface area contributed by atoms with E-state index in [1.807, 2.05) is 27.2 Å². The Balaban J connectivity index is 4.01. The van der Waals surface area contributed by atoms with Crippen LogP contribution in [0.3, 0.4) is 0 Å². The van der Waals surface area contributed by atoms with Crippen molar-refractivity contribution in [3.8, 4) is 0 Å². The lowest BCUT2D eigenvalue weighted by molar-refractivity contribution is -0.870. The van der Waals surface area contributed by atoms with Crippen molar-refractivity contribution in [3.05, 3.63) is 48.6 Å². The first-order chi connectivity index (χ1) is 28.0. The summed E-state index contributed by atoms with van der Waals surface area (Å²) in [5, 5.41) is 13.7. The number of quaternary nitrogens is 1. The Labute approximate surface area is 359 Å². The van der Waals surface area contributed by atoms with Crippen LogP contribution < -0.4 is 10.2 Å². The summed E-state index contributed by atoms with van der Waals surface area (Å²) in [5.74, 6) is -0.204. The second-order valence-electron chi connectivity index (χ2n) is 17.5. The highest BCUT2D eigenvalue weighted by Crippen LogP contribution is 2.38. The van der Waals surface area contributed by atoms with E-state index in [-0.39, 0.29) is 19.1 Å². The minimum atomic E-state index is -4.58. The van der Waals surface area contributed by atoms with Crippen molar-refractivity contribution >= 4 is 13.7 Å². The number of allylic oxidation sites excluding steroid dienone is 7. The SMILES string of the molecule is CCCCCCC/C=C\C/C=C\C/C=C\CCCCCCCCCCCCCCCCC(=O)NC(COP(=O)([O-])OCC[N+](C)(C)C)C(O)/C=C/CCCCCCC. The molecule has 9 heteroatoms. The normalized spacial score (nSPS) is 14.7. The van der Waals surface area contributed by atoms with Gasteiger partial charge in [0.05, 0.1) is 39.9 Å². The van der Waals surface area contributed by atoms with E-state index in [1.165, 1.54) is 135 Å². The Bertz CT molecular complexity index is 1090. The quantitative estimate of drug-likeness (QED) is 0.0274. The zero-order valence-corrected chi connectivity index (χ0v) is 39.4. The van der Waals surface area contributed by atoms with E-state index in [2.05, 4.69) is 55.6 Å². The van der Waals surface area contributed by atoms with Gasteiger partial charge in [0.25, 0.3) is 7.82 Å². The Morgan fingerprint density at radius 1 is 0.603 bits per heavy atom. The Morgan fingerprint density at radius 3 is 1.45 bits per heavy atom. The maximum absolute atomic E-state index is 12.8. The lowest BCUT2D eigenvalue weighted by Gasteiger charge is -2.29. The predicted molar refractivity (Wildman–Crippen MR) is 247 cm³/mol. The van der Waals surface area contributed by atoms with E-state index < -0.39 is 20.0 Å². The fraction of sp³-hybridized carbons (Fsp3) is 0.816. The second-order valence-corrected chi connectivity index (χ2v) is 18.9. The van der Waals surface area contributed by atoms with Gasteiger partial charge in [0.15, 0.2) is 0 Å². The lowest BCUT2D eigenvalue weighted by Crippen LogP contribution is -2.45. The van der Waals surface area contributed by atoms with Gasteiger partial charge in [-0.25, -0.2) is 0 Å². The van der Waals surface area contributed by atoms with Crippen molar-refractivity contribution in [1.29, 1.82) is 0 Å². The molecule has 0 rings (SSSR count). The highest BCUT2D eigenvalue weighted by atomic mass is 31.2. The number of nitrogens with one attached hydrogen (secondary N) is 1. The minimum absolute atomic E-state index is 0.00233. The molecule has 2 N–H and O–H groups in total. The van der Waals surface area contributed by atoms with Crippen LogP contribution in [0.4, 0.5) is 0 Å². The van der Waals surface area contributed by atoms with E-state index in [9.17, 15) is 19.4 Å². The van der Waals surface area contributed by atoms with Crippen LogP contribution in [0.2, 0.25) is 0 Å². The van der Waals surface area contributed by atoms with Gasteiger partial charge in [0.1, 0.15) is 13.2 Å². The van der Waals surface area contributed by atoms with Crippen LogP contribution >= 0.6 is 7.82 Å². The zero-order chi connectivity index (χ0) is 42.8. The number of unbranched alkanes of at least 4 members (excludes halogenated alkanes) is 24. The molecule has 0 aliphatic carbocycles. The smallest absolute Gasteiger partial charge is 0.268 e. The Morgan fingerprint density at radius 2 is 1.00 bits per heavy atom. The van der Waals surface area contributed by atoms with Gasteiger partial charge in [-0.15, -0.1) is 0 Å². The topological polar surface area (TPSA) is 108 Å². The van der Waals surface area contributed by atoms with Gasteiger partial charge in [-0.3, -0.25) is 9.36 Å². The van der Waals surface area contributed by atoms with E-state index in [1.54, 1.807) is 6.08 Å². The molecule has 3 atom stereocenters. The molecule has 1 amide bonds. The predicted octanol–water partition coefficient (Wildman–Crippen LogP) is 13.0. The fourth-order valence-corrected chi connectivity index (χ4v) is 7.41. The molecule has 0 saturated heterocycles. The maximum atomic E-state index is 12.8. The molecule has 0 aromatic carbocycles. The molecule has 0 radical (unpaired) electrons. The average Bonchev–Trinajstić information content (AvgIpc) is 3.17. The first kappa shape index (κ1) is 56.5. The van der Waals surface area contributed by atoms with Gasteiger partial charge in [-0.2, -0.15) is 0 Å². The molecule has 0 aliphatic heterocycles. The number of aliphatic hydroxyl groups excluding tert-OH is 1. The molecule has 0 bridgehead atoms. The number of phosphoric acid groups is 1. The van der Waals surface area contributed by atoms with Crippen molar-refractivity contribution in [2.45, 2.75) is 219 Å². The molecule has 0 aromatic heterocycles. The summed E-state index contributed by atoms with van der Waals surface area (Å²) >= 11 is 0. The summed E-state index contributed by atoms with van der Waals surface area (Å²) in [7, 11) is 1.25. The van der Waals surface area contributed by atoms with Crippen molar-refractivity contribution in [3.63, 3.8) is 0 Å². The highest BCUT2D eigenvalue weighted by Gasteiger charge is 2.23. The monoisotopic (exact) mass is 837 g/mol. The lowest BCUT2D eigenvalue weighted by atomic mass is 10.0. The molecule has 0 heterocycles. The van der Waals surface area contributed by atoms with Crippen molar-refractivity contribution in [2.24, 2.45) is 0 Å². The second kappa shape index (κ2) is 40.8. The Kier molecular flexibility index (Phi) is 39.8. The van der Waals surface area contributed by atoms with Gasteiger partial charge in [-0.1, -0.05) is 191 Å². The van der Waals surface area contributed by atoms with Crippen LogP contribution in [0, 0.1) is 0 Å². The molecule has 0 spiro atoms. The summed E-state index contributed by atoms with van der Waals surface area (Å²) < 4.78 is 23.1. The third kappa shape index (κ3) is 42.6. The van der Waals surface area contributed by atoms with Crippen molar-refractivity contribution in [1.82, 2.24) is 5.32 Å². The van der Waals surface area contributed by atoms with Gasteiger partial charge in [-0.05, 0) is 57.8 Å². The number of hydrogen-bond donors (Lipinski definition) is 2. The highest BCUT2D eigenvalue weighted by molar-refractivity contribution is 7.45. The number of carbonyl (C=O) groups is 1. The molecule has 340 valence electrons. The summed E-state index contributed by atoms with van der Waals surface area (Å²) in [6.45, 7) is 4.57. The Hall–Kier alpha value is -1.54. The van der Waals surface area contributed by atoms with Crippen LogP contribution in [0.15, 0.2) is 48.6 Å². The summed E-state index contributed by atoms with van der Waals surface area (Å²) in [5.41, 5.74) is 0. The van der Waals surface area contributed by atoms with Crippen LogP contribution in [-0.2, 0) is 18.4 Å². The first-order valence-corrected chi connectivity index (χ1v) is 25.5. The van der Waals surface area contributed by atoms with Crippen molar-refractivity contribution < 1.29 is 32.9 Å². The van der Waals surface area contributed by atoms with Gasteiger partial charge < -0.3 is 28.8 Å². The molecule has 58 heavy (non-hydrogen) atoms. The number of carbonyl (C=O) groups excluding carboxylic acids is 1. The van der Waals surface area contributed by atoms with Crippen molar-refractivity contribution in [2.75, 3.05) is 40.9 Å². The number of amides is 1. The van der Waals surface area contributed by atoms with Crippen LogP contribution in [0.25, 0.3) is 0 Å². The number of phosphoric ester groups is 1. The number of hydrogen-bond acceptors (Lipinski definition) is 6. The van der Waals surface area contributed by atoms with E-state index in [0.717, 1.165) is 51.4 Å². The zero-order valence-electron chi connectivity index (χ0n) is 38.5. The number of aliphatic hydroxyl groups is 1. The molecular formula is C49H93N2O6P. The number of nitrogens with zero attached hydrogens (tertiary/aromatic N) is 1. The number of rotatable bonds is 43. The molecule has 8 nitrogen and oxygen atoms in total. The standard InChI is InChI=1S/C49H93N2O6P/c1-6-8-10-12-14-15-16-17-18-19-20-21-22-23-24-25-26-27-28-29-30-31-32-33-34-35-37-39-41-43-49(53)50-47(48(52)42-40-38-36-13-11-9-7-2)46-57-58(54,55)56-45-44-51(3,4)5/h16-17,19-20,22-23,40,42,47-48,52H,6-15,18,21,24-39,41,43-46H2,1-5H3,(H-,50,53,54,55)/b17-16-,20-19-,23-22-,42-40+. The largest absolute Gasteiger partial charge is 0.756 e. The van der Waals surface area contributed by atoms with Crippen LogP contribution in [-0.4, -0.2) is 68.5 Å². The van der Waals surface area contributed by atoms with E-state index >= 15 is 0 Å². The molecule has 0 aliphatic rings. The molecular weight excluding hydrogens is 744 g/mol. The summed E-state index contributed by atoms with van der Waals surface area (Å²) in [6, 6.07) is -0.884. The van der Waals surface area contributed by atoms with Gasteiger partial charge >= 0.3 is 0 Å². The van der Waals surface area contributed by atoms with Gasteiger partial charge in [0.2, 0.25) is 5.91 Å². The van der Waals surface area contributed by atoms with E-state index in [4.69, 9.17) is 9.05 Å². The first-order valence-electron chi connectivity index (χ1n) is 24.0. The van der Waals surface area contributed by atoms with Crippen LogP contribution in [0.5, 0.6) is 0 Å².